The lowest BCUT2D eigenvalue weighted by Crippen LogP contribution is -2.13. The van der Waals surface area contributed by atoms with Gasteiger partial charge in [-0.05, 0) is 52.8 Å². The summed E-state index contributed by atoms with van der Waals surface area (Å²) in [5.74, 6) is 1.66. The Hall–Kier alpha value is -4.99. The highest BCUT2D eigenvalue weighted by atomic mass is 16.5. The first-order valence-corrected chi connectivity index (χ1v) is 14.0. The van der Waals surface area contributed by atoms with Crippen LogP contribution in [-0.4, -0.2) is 31.3 Å². The molecule has 0 saturated carbocycles. The minimum Gasteiger partial charge on any atom is -0.488 e. The molecule has 10 heteroatoms. The Labute approximate surface area is 244 Å². The summed E-state index contributed by atoms with van der Waals surface area (Å²) in [6.07, 6.45) is 0.935. The molecule has 10 nitrogen and oxygen atoms in total. The monoisotopic (exact) mass is 566 g/mol. The fraction of sp³-hybridized carbons (Fsp3) is 0.281. The second-order valence-electron chi connectivity index (χ2n) is 10.2. The van der Waals surface area contributed by atoms with E-state index in [4.69, 9.17) is 19.7 Å². The van der Waals surface area contributed by atoms with Crippen LogP contribution in [0.3, 0.4) is 0 Å². The average Bonchev–Trinajstić information content (AvgIpc) is 3.66. The van der Waals surface area contributed by atoms with Gasteiger partial charge in [-0.15, -0.1) is 10.2 Å². The molecule has 0 atom stereocenters. The number of hydrogen-bond acceptors (Lipinski definition) is 8. The van der Waals surface area contributed by atoms with E-state index in [1.54, 1.807) is 0 Å². The number of nitrogens with two attached hydrogens (primary N) is 1. The lowest BCUT2D eigenvalue weighted by molar-refractivity contribution is 0.0992. The van der Waals surface area contributed by atoms with E-state index in [2.05, 4.69) is 40.5 Å². The van der Waals surface area contributed by atoms with Gasteiger partial charge < -0.3 is 19.7 Å². The molecule has 0 spiro atoms. The van der Waals surface area contributed by atoms with Gasteiger partial charge in [0.05, 0.1) is 12.1 Å². The first kappa shape index (κ1) is 28.5. The summed E-state index contributed by atoms with van der Waals surface area (Å²) in [5, 5.41) is 16.4. The third kappa shape index (κ3) is 6.65. The molecule has 0 aliphatic heterocycles. The summed E-state index contributed by atoms with van der Waals surface area (Å²) in [5.41, 5.74) is 10.1. The number of rotatable bonds is 13. The van der Waals surface area contributed by atoms with Crippen molar-refractivity contribution in [2.75, 3.05) is 0 Å². The number of carbonyl (C=O) groups excluding carboxylic acids is 1. The standard InChI is InChI=1S/C32H34N6O4/c1-4-38-35-32(34-37-38)29-26(42-36-30(29)31(33)39)16-15-24-17-25(21(2)3)28(41-20-23-13-9-6-10-14-23)18-27(24)40-19-22-11-7-5-8-12-22/h5-14,17-18,21H,4,15-16,19-20H2,1-3H3,(H2,33,39). The van der Waals surface area contributed by atoms with Crippen LogP contribution in [0.15, 0.2) is 77.3 Å². The van der Waals surface area contributed by atoms with E-state index in [1.807, 2.05) is 73.7 Å². The largest absolute Gasteiger partial charge is 0.488 e. The van der Waals surface area contributed by atoms with Crippen molar-refractivity contribution in [2.24, 2.45) is 5.73 Å². The van der Waals surface area contributed by atoms with Gasteiger partial charge in [-0.3, -0.25) is 4.79 Å². The van der Waals surface area contributed by atoms with E-state index >= 15 is 0 Å². The van der Waals surface area contributed by atoms with Crippen LogP contribution >= 0.6 is 0 Å². The average molecular weight is 567 g/mol. The Bertz CT molecular complexity index is 1630. The van der Waals surface area contributed by atoms with Crippen molar-refractivity contribution in [3.63, 3.8) is 0 Å². The summed E-state index contributed by atoms with van der Waals surface area (Å²) >= 11 is 0. The maximum atomic E-state index is 12.1. The summed E-state index contributed by atoms with van der Waals surface area (Å²) in [6.45, 7) is 7.53. The van der Waals surface area contributed by atoms with Crippen molar-refractivity contribution in [1.29, 1.82) is 0 Å². The van der Waals surface area contributed by atoms with Crippen LogP contribution in [0.25, 0.3) is 11.4 Å². The van der Waals surface area contributed by atoms with Crippen molar-refractivity contribution >= 4 is 5.91 Å². The molecule has 5 aromatic rings. The highest BCUT2D eigenvalue weighted by Crippen LogP contribution is 2.36. The van der Waals surface area contributed by atoms with E-state index in [9.17, 15) is 4.79 Å². The number of aryl methyl sites for hydroxylation is 3. The van der Waals surface area contributed by atoms with Crippen LogP contribution in [-0.2, 0) is 32.6 Å². The van der Waals surface area contributed by atoms with Gasteiger partial charge >= 0.3 is 0 Å². The minimum atomic E-state index is -0.721. The van der Waals surface area contributed by atoms with Crippen LogP contribution in [0.4, 0.5) is 0 Å². The summed E-state index contributed by atoms with van der Waals surface area (Å²) in [7, 11) is 0. The lowest BCUT2D eigenvalue weighted by atomic mass is 9.96. The summed E-state index contributed by atoms with van der Waals surface area (Å²) in [4.78, 5) is 13.6. The number of nitrogens with zero attached hydrogens (tertiary/aromatic N) is 5. The van der Waals surface area contributed by atoms with Gasteiger partial charge in [-0.1, -0.05) is 79.7 Å². The van der Waals surface area contributed by atoms with Crippen LogP contribution in [0.5, 0.6) is 11.5 Å². The SMILES string of the molecule is CCn1nnc(-c2c(C(N)=O)noc2CCc2cc(C(C)C)c(OCc3ccccc3)cc2OCc2ccccc2)n1. The molecule has 0 unspecified atom stereocenters. The molecule has 0 aliphatic rings. The molecule has 0 bridgehead atoms. The minimum absolute atomic E-state index is 0.0197. The highest BCUT2D eigenvalue weighted by molar-refractivity contribution is 5.97. The Kier molecular flexibility index (Phi) is 8.91. The molecule has 1 amide bonds. The van der Waals surface area contributed by atoms with Crippen molar-refractivity contribution < 1.29 is 18.8 Å². The topological polar surface area (TPSA) is 131 Å². The molecular weight excluding hydrogens is 532 g/mol. The first-order valence-electron chi connectivity index (χ1n) is 14.0. The second-order valence-corrected chi connectivity index (χ2v) is 10.2. The van der Waals surface area contributed by atoms with E-state index in [0.717, 1.165) is 28.0 Å². The van der Waals surface area contributed by atoms with Gasteiger partial charge in [0.15, 0.2) is 5.69 Å². The maximum absolute atomic E-state index is 12.1. The van der Waals surface area contributed by atoms with Crippen LogP contribution < -0.4 is 15.2 Å². The zero-order valence-electron chi connectivity index (χ0n) is 24.0. The molecular formula is C32H34N6O4. The van der Waals surface area contributed by atoms with Gasteiger partial charge in [-0.25, -0.2) is 0 Å². The van der Waals surface area contributed by atoms with Crippen molar-refractivity contribution in [3.8, 4) is 22.9 Å². The second kappa shape index (κ2) is 13.1. The Morgan fingerprint density at radius 3 is 2.14 bits per heavy atom. The normalized spacial score (nSPS) is 11.1. The Balaban J connectivity index is 1.47. The fourth-order valence-electron chi connectivity index (χ4n) is 4.62. The number of tetrazole rings is 1. The van der Waals surface area contributed by atoms with E-state index < -0.39 is 5.91 Å². The number of carbonyl (C=O) groups is 1. The summed E-state index contributed by atoms with van der Waals surface area (Å²) < 4.78 is 18.3. The highest BCUT2D eigenvalue weighted by Gasteiger charge is 2.26. The quantitative estimate of drug-likeness (QED) is 0.197. The number of ether oxygens (including phenoxy) is 2. The molecule has 2 aromatic heterocycles. The molecule has 0 saturated heterocycles. The molecule has 0 fully saturated rings. The summed E-state index contributed by atoms with van der Waals surface area (Å²) in [6, 6.07) is 24.2. The number of primary amides is 1. The van der Waals surface area contributed by atoms with E-state index in [1.165, 1.54) is 4.80 Å². The predicted molar refractivity (Wildman–Crippen MR) is 157 cm³/mol. The molecule has 2 N–H and O–H groups in total. The lowest BCUT2D eigenvalue weighted by Gasteiger charge is -2.20. The van der Waals surface area contributed by atoms with Crippen LogP contribution in [0.2, 0.25) is 0 Å². The number of aromatic nitrogens is 5. The smallest absolute Gasteiger partial charge is 0.271 e. The molecule has 0 radical (unpaired) electrons. The number of hydrogen-bond donors (Lipinski definition) is 1. The van der Waals surface area contributed by atoms with E-state index in [-0.39, 0.29) is 17.4 Å². The third-order valence-corrected chi connectivity index (χ3v) is 6.87. The molecule has 5 rings (SSSR count). The van der Waals surface area contributed by atoms with E-state index in [0.29, 0.717) is 49.7 Å². The molecule has 42 heavy (non-hydrogen) atoms. The fourth-order valence-corrected chi connectivity index (χ4v) is 4.62. The molecule has 3 aromatic carbocycles. The maximum Gasteiger partial charge on any atom is 0.271 e. The van der Waals surface area contributed by atoms with Crippen molar-refractivity contribution in [1.82, 2.24) is 25.4 Å². The van der Waals surface area contributed by atoms with Crippen LogP contribution in [0, 0.1) is 0 Å². The predicted octanol–water partition coefficient (Wildman–Crippen LogP) is 5.51. The van der Waals surface area contributed by atoms with Gasteiger partial charge in [0, 0.05) is 12.5 Å². The Morgan fingerprint density at radius 2 is 1.57 bits per heavy atom. The zero-order valence-corrected chi connectivity index (χ0v) is 24.0. The third-order valence-electron chi connectivity index (χ3n) is 6.87. The van der Waals surface area contributed by atoms with Gasteiger partial charge in [0.2, 0.25) is 5.82 Å². The molecule has 2 heterocycles. The first-order chi connectivity index (χ1) is 20.4. The van der Waals surface area contributed by atoms with Crippen molar-refractivity contribution in [3.05, 3.63) is 107 Å². The van der Waals surface area contributed by atoms with Gasteiger partial charge in [0.25, 0.3) is 5.91 Å². The Morgan fingerprint density at radius 1 is 0.929 bits per heavy atom. The zero-order chi connectivity index (χ0) is 29.5. The number of amides is 1. The van der Waals surface area contributed by atoms with Crippen molar-refractivity contribution in [2.45, 2.75) is 59.3 Å². The number of benzene rings is 3. The van der Waals surface area contributed by atoms with Gasteiger partial charge in [-0.2, -0.15) is 4.80 Å². The van der Waals surface area contributed by atoms with Gasteiger partial charge in [0.1, 0.15) is 30.5 Å². The molecule has 0 aliphatic carbocycles. The molecule has 216 valence electrons. The van der Waals surface area contributed by atoms with Crippen LogP contribution in [0.1, 0.15) is 65.2 Å².